The normalized spacial score (nSPS) is 15.6. The molecular weight excluding hydrogens is 348 g/mol. The van der Waals surface area contributed by atoms with Crippen molar-refractivity contribution >= 4 is 40.6 Å². The van der Waals surface area contributed by atoms with Crippen molar-refractivity contribution < 1.29 is 14.4 Å². The molecule has 1 fully saturated rings. The van der Waals surface area contributed by atoms with Gasteiger partial charge in [-0.2, -0.15) is 0 Å². The highest BCUT2D eigenvalue weighted by Crippen LogP contribution is 2.32. The van der Waals surface area contributed by atoms with Crippen LogP contribution in [0.1, 0.15) is 16.7 Å². The van der Waals surface area contributed by atoms with Crippen LogP contribution in [0.15, 0.2) is 53.4 Å². The van der Waals surface area contributed by atoms with Crippen LogP contribution >= 0.6 is 11.8 Å². The van der Waals surface area contributed by atoms with E-state index in [1.807, 2.05) is 56.3 Å². The molecule has 1 N–H and O–H groups in total. The number of aryl methyl sites for hydroxylation is 2. The Labute approximate surface area is 156 Å². The van der Waals surface area contributed by atoms with Crippen LogP contribution in [0.2, 0.25) is 0 Å². The summed E-state index contributed by atoms with van der Waals surface area (Å²) in [6.07, 6.45) is 1.69. The van der Waals surface area contributed by atoms with Crippen molar-refractivity contribution in [2.75, 3.05) is 11.9 Å². The predicted octanol–water partition coefficient (Wildman–Crippen LogP) is 3.98. The van der Waals surface area contributed by atoms with Crippen LogP contribution in [-0.2, 0) is 9.59 Å². The SMILES string of the molecule is Cc1cccc(NC(=O)CN2C(=O)SC(=Cc3ccccc3C)C2=O)c1. The molecule has 0 saturated carbocycles. The van der Waals surface area contributed by atoms with Crippen LogP contribution in [0.4, 0.5) is 10.5 Å². The van der Waals surface area contributed by atoms with Gasteiger partial charge in [0, 0.05) is 5.69 Å². The Morgan fingerprint density at radius 2 is 1.88 bits per heavy atom. The maximum absolute atomic E-state index is 12.5. The quantitative estimate of drug-likeness (QED) is 0.831. The lowest BCUT2D eigenvalue weighted by Crippen LogP contribution is -2.36. The fourth-order valence-corrected chi connectivity index (χ4v) is 3.42. The lowest BCUT2D eigenvalue weighted by Gasteiger charge is -2.12. The fourth-order valence-electron chi connectivity index (χ4n) is 2.59. The van der Waals surface area contributed by atoms with E-state index in [2.05, 4.69) is 5.32 Å². The van der Waals surface area contributed by atoms with E-state index in [0.29, 0.717) is 10.6 Å². The van der Waals surface area contributed by atoms with Crippen molar-refractivity contribution in [1.29, 1.82) is 0 Å². The summed E-state index contributed by atoms with van der Waals surface area (Å²) in [5.41, 5.74) is 3.53. The Bertz CT molecular complexity index is 921. The second kappa shape index (κ2) is 7.58. The van der Waals surface area contributed by atoms with Crippen LogP contribution in [-0.4, -0.2) is 28.5 Å². The lowest BCUT2D eigenvalue weighted by atomic mass is 10.1. The number of nitrogens with zero attached hydrogens (tertiary/aromatic N) is 1. The van der Waals surface area contributed by atoms with Crippen LogP contribution in [0, 0.1) is 13.8 Å². The van der Waals surface area contributed by atoms with E-state index >= 15 is 0 Å². The molecule has 132 valence electrons. The van der Waals surface area contributed by atoms with Gasteiger partial charge in [0.2, 0.25) is 5.91 Å². The first-order chi connectivity index (χ1) is 12.4. The first kappa shape index (κ1) is 17.9. The molecule has 1 aliphatic rings. The van der Waals surface area contributed by atoms with Gasteiger partial charge >= 0.3 is 0 Å². The Balaban J connectivity index is 1.71. The number of imide groups is 1. The maximum atomic E-state index is 12.5. The van der Waals surface area contributed by atoms with Gasteiger partial charge in [-0.1, -0.05) is 36.4 Å². The summed E-state index contributed by atoms with van der Waals surface area (Å²) in [4.78, 5) is 38.2. The van der Waals surface area contributed by atoms with Gasteiger partial charge in [-0.3, -0.25) is 19.3 Å². The molecule has 0 radical (unpaired) electrons. The van der Waals surface area contributed by atoms with E-state index in [4.69, 9.17) is 0 Å². The highest BCUT2D eigenvalue weighted by atomic mass is 32.2. The van der Waals surface area contributed by atoms with E-state index in [1.165, 1.54) is 0 Å². The number of nitrogens with one attached hydrogen (secondary N) is 1. The summed E-state index contributed by atoms with van der Waals surface area (Å²) >= 11 is 0.855. The highest BCUT2D eigenvalue weighted by Gasteiger charge is 2.36. The number of benzene rings is 2. The molecule has 5 nitrogen and oxygen atoms in total. The van der Waals surface area contributed by atoms with Gasteiger partial charge < -0.3 is 5.32 Å². The van der Waals surface area contributed by atoms with Crippen molar-refractivity contribution in [3.8, 4) is 0 Å². The summed E-state index contributed by atoms with van der Waals surface area (Å²) in [6, 6.07) is 14.9. The molecule has 0 spiro atoms. The third-order valence-electron chi connectivity index (χ3n) is 3.95. The minimum Gasteiger partial charge on any atom is -0.325 e. The zero-order valence-electron chi connectivity index (χ0n) is 14.5. The molecule has 2 aromatic carbocycles. The molecule has 26 heavy (non-hydrogen) atoms. The Morgan fingerprint density at radius 3 is 2.62 bits per heavy atom. The molecule has 1 saturated heterocycles. The second-order valence-corrected chi connectivity index (χ2v) is 7.04. The number of thioether (sulfide) groups is 1. The molecular formula is C20H18N2O3S. The fraction of sp³-hybridized carbons (Fsp3) is 0.150. The van der Waals surface area contributed by atoms with Gasteiger partial charge in [0.1, 0.15) is 6.54 Å². The third kappa shape index (κ3) is 4.03. The summed E-state index contributed by atoms with van der Waals surface area (Å²) in [7, 11) is 0. The van der Waals surface area contributed by atoms with Crippen LogP contribution in [0.3, 0.4) is 0 Å². The van der Waals surface area contributed by atoms with Crippen molar-refractivity contribution in [3.63, 3.8) is 0 Å². The van der Waals surface area contributed by atoms with Gasteiger partial charge in [0.05, 0.1) is 4.91 Å². The number of hydrogen-bond donors (Lipinski definition) is 1. The van der Waals surface area contributed by atoms with Crippen LogP contribution in [0.5, 0.6) is 0 Å². The number of amides is 3. The van der Waals surface area contributed by atoms with E-state index < -0.39 is 17.1 Å². The molecule has 0 atom stereocenters. The molecule has 0 bridgehead atoms. The molecule has 0 aliphatic carbocycles. The van der Waals surface area contributed by atoms with Crippen LogP contribution < -0.4 is 5.32 Å². The van der Waals surface area contributed by atoms with E-state index in [0.717, 1.165) is 33.4 Å². The zero-order valence-corrected chi connectivity index (χ0v) is 15.3. The highest BCUT2D eigenvalue weighted by molar-refractivity contribution is 8.18. The van der Waals surface area contributed by atoms with E-state index in [9.17, 15) is 14.4 Å². The molecule has 0 unspecified atom stereocenters. The first-order valence-electron chi connectivity index (χ1n) is 8.11. The number of carbonyl (C=O) groups is 3. The van der Waals surface area contributed by atoms with Crippen molar-refractivity contribution in [1.82, 2.24) is 4.90 Å². The zero-order chi connectivity index (χ0) is 18.7. The van der Waals surface area contributed by atoms with Gasteiger partial charge in [-0.25, -0.2) is 0 Å². The topological polar surface area (TPSA) is 66.5 Å². The van der Waals surface area contributed by atoms with Gasteiger partial charge in [-0.15, -0.1) is 0 Å². The smallest absolute Gasteiger partial charge is 0.294 e. The molecule has 3 amide bonds. The van der Waals surface area contributed by atoms with Gasteiger partial charge in [0.15, 0.2) is 0 Å². The number of carbonyl (C=O) groups excluding carboxylic acids is 3. The monoisotopic (exact) mass is 366 g/mol. The number of hydrogen-bond acceptors (Lipinski definition) is 4. The number of rotatable bonds is 4. The summed E-state index contributed by atoms with van der Waals surface area (Å²) in [5, 5.41) is 2.27. The first-order valence-corrected chi connectivity index (χ1v) is 8.93. The van der Waals surface area contributed by atoms with Crippen molar-refractivity contribution in [2.24, 2.45) is 0 Å². The maximum Gasteiger partial charge on any atom is 0.294 e. The van der Waals surface area contributed by atoms with Crippen LogP contribution in [0.25, 0.3) is 6.08 Å². The third-order valence-corrected chi connectivity index (χ3v) is 4.86. The van der Waals surface area contributed by atoms with Gasteiger partial charge in [-0.05, 0) is 60.5 Å². The van der Waals surface area contributed by atoms with E-state index in [1.54, 1.807) is 12.1 Å². The molecule has 1 heterocycles. The summed E-state index contributed by atoms with van der Waals surface area (Å²) < 4.78 is 0. The average Bonchev–Trinajstić information content (AvgIpc) is 2.84. The van der Waals surface area contributed by atoms with Gasteiger partial charge in [0.25, 0.3) is 11.1 Å². The Morgan fingerprint density at radius 1 is 1.12 bits per heavy atom. The van der Waals surface area contributed by atoms with Crippen molar-refractivity contribution in [2.45, 2.75) is 13.8 Å². The lowest BCUT2D eigenvalue weighted by molar-refractivity contribution is -0.127. The molecule has 0 aromatic heterocycles. The average molecular weight is 366 g/mol. The van der Waals surface area contributed by atoms with E-state index in [-0.39, 0.29) is 6.54 Å². The molecule has 6 heteroatoms. The Hall–Kier alpha value is -2.86. The minimum absolute atomic E-state index is 0.302. The molecule has 1 aliphatic heterocycles. The number of anilines is 1. The van der Waals surface area contributed by atoms with Crippen molar-refractivity contribution in [3.05, 3.63) is 70.1 Å². The standard InChI is InChI=1S/C20H18N2O3S/c1-13-6-5-9-16(10-13)21-18(23)12-22-19(24)17(26-20(22)25)11-15-8-4-3-7-14(15)2/h3-11H,12H2,1-2H3,(H,21,23). The molecule has 2 aromatic rings. The largest absolute Gasteiger partial charge is 0.325 e. The summed E-state index contributed by atoms with van der Waals surface area (Å²) in [5.74, 6) is -0.849. The summed E-state index contributed by atoms with van der Waals surface area (Å²) in [6.45, 7) is 3.55. The minimum atomic E-state index is -0.442. The predicted molar refractivity (Wildman–Crippen MR) is 104 cm³/mol. The second-order valence-electron chi connectivity index (χ2n) is 6.04. The Kier molecular flexibility index (Phi) is 5.23. The molecule has 3 rings (SSSR count).